The molecule has 7 nitrogen and oxygen atoms in total. The molecule has 0 saturated heterocycles. The molecule has 1 atom stereocenters. The zero-order chi connectivity index (χ0) is 23.1. The van der Waals surface area contributed by atoms with E-state index in [1.807, 2.05) is 0 Å². The van der Waals surface area contributed by atoms with Gasteiger partial charge in [0.25, 0.3) is 0 Å². The highest BCUT2D eigenvalue weighted by molar-refractivity contribution is 6.43. The molecule has 0 aliphatic heterocycles. The number of amides is 1. The van der Waals surface area contributed by atoms with Gasteiger partial charge in [-0.25, -0.2) is 9.59 Å². The van der Waals surface area contributed by atoms with Crippen LogP contribution in [-0.4, -0.2) is 42.2 Å². The number of rotatable bonds is 8. The molecular weight excluding hydrogens is 433 g/mol. The number of hydrogen-bond donors (Lipinski definition) is 1. The molecular formula is C21H29Cl2NO6. The molecule has 0 saturated carbocycles. The van der Waals surface area contributed by atoms with E-state index in [4.69, 9.17) is 37.4 Å². The van der Waals surface area contributed by atoms with Crippen LogP contribution < -0.4 is 10.1 Å². The lowest BCUT2D eigenvalue weighted by Gasteiger charge is -2.26. The normalized spacial score (nSPS) is 12.7. The minimum Gasteiger partial charge on any atom is -0.493 e. The summed E-state index contributed by atoms with van der Waals surface area (Å²) in [5.41, 5.74) is -1.26. The van der Waals surface area contributed by atoms with Gasteiger partial charge in [-0.05, 0) is 66.5 Å². The summed E-state index contributed by atoms with van der Waals surface area (Å²) in [6.07, 6.45) is 0.480. The summed E-state index contributed by atoms with van der Waals surface area (Å²) in [7, 11) is 0. The summed E-state index contributed by atoms with van der Waals surface area (Å²) in [5, 5.41) is 2.91. The summed E-state index contributed by atoms with van der Waals surface area (Å²) in [6, 6.07) is 2.16. The van der Waals surface area contributed by atoms with Gasteiger partial charge in [0.1, 0.15) is 23.0 Å². The van der Waals surface area contributed by atoms with E-state index < -0.39 is 29.3 Å². The number of benzene rings is 1. The molecule has 1 N–H and O–H groups in total. The van der Waals surface area contributed by atoms with Crippen molar-refractivity contribution in [1.82, 2.24) is 5.32 Å². The number of halogens is 2. The van der Waals surface area contributed by atoms with E-state index in [0.717, 1.165) is 0 Å². The summed E-state index contributed by atoms with van der Waals surface area (Å²) in [6.45, 7) is 10.6. The van der Waals surface area contributed by atoms with Crippen LogP contribution in [0.1, 0.15) is 64.7 Å². The molecule has 1 amide bonds. The molecule has 0 aliphatic carbocycles. The van der Waals surface area contributed by atoms with Crippen molar-refractivity contribution in [3.8, 4) is 5.75 Å². The molecule has 0 bridgehead atoms. The first kappa shape index (κ1) is 26.0. The Morgan fingerprint density at radius 3 is 2.20 bits per heavy atom. The third-order valence-electron chi connectivity index (χ3n) is 3.49. The van der Waals surface area contributed by atoms with Gasteiger partial charge in [0.15, 0.2) is 6.29 Å². The van der Waals surface area contributed by atoms with Crippen molar-refractivity contribution in [3.05, 3.63) is 27.7 Å². The van der Waals surface area contributed by atoms with Gasteiger partial charge in [-0.1, -0.05) is 23.2 Å². The van der Waals surface area contributed by atoms with Crippen LogP contribution in [0, 0.1) is 0 Å². The molecule has 30 heavy (non-hydrogen) atoms. The van der Waals surface area contributed by atoms with Crippen molar-refractivity contribution in [3.63, 3.8) is 0 Å². The standard InChI is InChI=1S/C21H29Cl2NO6/c1-20(2,3)29-18(26)15(24-19(27)30-21(4,5)6)8-7-11-28-16-10-9-14(22)17(23)13(16)12-25/h9-10,12,15H,7-8,11H2,1-6H3,(H,24,27)/t15-/m1/s1. The van der Waals surface area contributed by atoms with Crippen LogP contribution in [0.4, 0.5) is 4.79 Å². The van der Waals surface area contributed by atoms with Gasteiger partial charge in [0, 0.05) is 0 Å². The molecule has 0 fully saturated rings. The van der Waals surface area contributed by atoms with E-state index >= 15 is 0 Å². The van der Waals surface area contributed by atoms with Crippen molar-refractivity contribution in [2.75, 3.05) is 6.61 Å². The fourth-order valence-electron chi connectivity index (χ4n) is 2.33. The van der Waals surface area contributed by atoms with E-state index in [1.165, 1.54) is 6.07 Å². The monoisotopic (exact) mass is 461 g/mol. The Balaban J connectivity index is 2.76. The molecule has 0 radical (unpaired) electrons. The quantitative estimate of drug-likeness (QED) is 0.325. The first-order valence-electron chi connectivity index (χ1n) is 9.52. The van der Waals surface area contributed by atoms with Crippen molar-refractivity contribution >= 4 is 41.6 Å². The first-order valence-corrected chi connectivity index (χ1v) is 10.3. The van der Waals surface area contributed by atoms with E-state index in [2.05, 4.69) is 5.32 Å². The summed E-state index contributed by atoms with van der Waals surface area (Å²) in [5.74, 6) is -0.287. The van der Waals surface area contributed by atoms with Crippen LogP contribution in [0.25, 0.3) is 0 Å². The fraction of sp³-hybridized carbons (Fsp3) is 0.571. The van der Waals surface area contributed by atoms with Gasteiger partial charge in [0.05, 0.1) is 22.2 Å². The van der Waals surface area contributed by atoms with Gasteiger partial charge >= 0.3 is 12.1 Å². The Kier molecular flexibility index (Phi) is 9.43. The minimum absolute atomic E-state index is 0.113. The Morgan fingerprint density at radius 2 is 1.67 bits per heavy atom. The Morgan fingerprint density at radius 1 is 1.07 bits per heavy atom. The highest BCUT2D eigenvalue weighted by atomic mass is 35.5. The molecule has 1 aromatic rings. The van der Waals surface area contributed by atoms with Crippen LogP contribution in [0.5, 0.6) is 5.75 Å². The van der Waals surface area contributed by atoms with Crippen molar-refractivity contribution in [2.45, 2.75) is 71.6 Å². The molecule has 0 aliphatic rings. The average Bonchev–Trinajstić information content (AvgIpc) is 2.57. The summed E-state index contributed by atoms with van der Waals surface area (Å²) < 4.78 is 16.2. The molecule has 0 unspecified atom stereocenters. The third-order valence-corrected chi connectivity index (χ3v) is 4.31. The van der Waals surface area contributed by atoms with Gasteiger partial charge in [-0.2, -0.15) is 0 Å². The lowest BCUT2D eigenvalue weighted by molar-refractivity contribution is -0.157. The Bertz CT molecular complexity index is 768. The van der Waals surface area contributed by atoms with Crippen LogP contribution in [0.3, 0.4) is 0 Å². The van der Waals surface area contributed by atoms with Gasteiger partial charge in [-0.3, -0.25) is 4.79 Å². The number of esters is 1. The second-order valence-corrected chi connectivity index (χ2v) is 9.40. The van der Waals surface area contributed by atoms with E-state index in [9.17, 15) is 14.4 Å². The average molecular weight is 462 g/mol. The Hall–Kier alpha value is -1.99. The zero-order valence-corrected chi connectivity index (χ0v) is 19.6. The SMILES string of the molecule is CC(C)(C)OC(=O)N[C@H](CCCOc1ccc(Cl)c(Cl)c1C=O)C(=O)OC(C)(C)C. The number of carbonyl (C=O) groups excluding carboxylic acids is 3. The number of aldehydes is 1. The smallest absolute Gasteiger partial charge is 0.408 e. The number of alkyl carbamates (subject to hydrolysis) is 1. The summed E-state index contributed by atoms with van der Waals surface area (Å²) in [4.78, 5) is 35.9. The van der Waals surface area contributed by atoms with Crippen molar-refractivity contribution < 1.29 is 28.6 Å². The van der Waals surface area contributed by atoms with Crippen LogP contribution in [0.2, 0.25) is 10.0 Å². The number of carbonyl (C=O) groups is 3. The van der Waals surface area contributed by atoms with Gasteiger partial charge < -0.3 is 19.5 Å². The number of hydrogen-bond acceptors (Lipinski definition) is 6. The molecule has 0 heterocycles. The fourth-order valence-corrected chi connectivity index (χ4v) is 2.69. The van der Waals surface area contributed by atoms with E-state index in [0.29, 0.717) is 12.7 Å². The number of nitrogens with one attached hydrogen (secondary N) is 1. The maximum absolute atomic E-state index is 12.5. The predicted octanol–water partition coefficient (Wildman–Crippen LogP) is 5.20. The van der Waals surface area contributed by atoms with Crippen molar-refractivity contribution in [1.29, 1.82) is 0 Å². The van der Waals surface area contributed by atoms with Crippen LogP contribution in [0.15, 0.2) is 12.1 Å². The van der Waals surface area contributed by atoms with Crippen LogP contribution >= 0.6 is 23.2 Å². The largest absolute Gasteiger partial charge is 0.493 e. The summed E-state index contributed by atoms with van der Waals surface area (Å²) >= 11 is 11.9. The minimum atomic E-state index is -0.915. The lowest BCUT2D eigenvalue weighted by atomic mass is 10.1. The molecule has 0 spiro atoms. The predicted molar refractivity (Wildman–Crippen MR) is 116 cm³/mol. The number of ether oxygens (including phenoxy) is 3. The molecule has 1 rings (SSSR count). The second kappa shape index (κ2) is 10.9. The first-order chi connectivity index (χ1) is 13.7. The van der Waals surface area contributed by atoms with Gasteiger partial charge in [0.2, 0.25) is 0 Å². The van der Waals surface area contributed by atoms with Gasteiger partial charge in [-0.15, -0.1) is 0 Å². The van der Waals surface area contributed by atoms with Crippen LogP contribution in [-0.2, 0) is 14.3 Å². The third kappa shape index (κ3) is 9.22. The Labute approximate surface area is 187 Å². The molecule has 168 valence electrons. The maximum atomic E-state index is 12.5. The van der Waals surface area contributed by atoms with E-state index in [1.54, 1.807) is 47.6 Å². The molecule has 9 heteroatoms. The van der Waals surface area contributed by atoms with Crippen molar-refractivity contribution in [2.24, 2.45) is 0 Å². The molecule has 1 aromatic carbocycles. The lowest BCUT2D eigenvalue weighted by Crippen LogP contribution is -2.46. The second-order valence-electron chi connectivity index (χ2n) is 8.61. The topological polar surface area (TPSA) is 90.9 Å². The highest BCUT2D eigenvalue weighted by Crippen LogP contribution is 2.31. The maximum Gasteiger partial charge on any atom is 0.408 e. The highest BCUT2D eigenvalue weighted by Gasteiger charge is 2.28. The molecule has 0 aromatic heterocycles. The van der Waals surface area contributed by atoms with E-state index in [-0.39, 0.29) is 34.4 Å². The zero-order valence-electron chi connectivity index (χ0n) is 18.1.